The molecule has 0 amide bonds. The third-order valence-corrected chi connectivity index (χ3v) is 7.79. The first-order chi connectivity index (χ1) is 11.7. The van der Waals surface area contributed by atoms with Crippen LogP contribution in [0.5, 0.6) is 0 Å². The summed E-state index contributed by atoms with van der Waals surface area (Å²) >= 11 is 3.47. The molecular weight excluding hydrogens is 400 g/mol. The highest BCUT2D eigenvalue weighted by molar-refractivity contribution is 9.08. The molecule has 1 heterocycles. The Morgan fingerprint density at radius 2 is 1.92 bits per heavy atom. The fraction of sp³-hybridized carbons (Fsp3) is 0.400. The first kappa shape index (κ1) is 18.6. The quantitative estimate of drug-likeness (QED) is 0.737. The predicted molar refractivity (Wildman–Crippen MR) is 104 cm³/mol. The first-order valence-corrected chi connectivity index (χ1v) is 11.1. The number of fused-ring (bicyclic) bond motifs is 1. The minimum Gasteiger partial charge on any atom is -0.392 e. The van der Waals surface area contributed by atoms with E-state index in [1.165, 1.54) is 0 Å². The van der Waals surface area contributed by atoms with Gasteiger partial charge >= 0.3 is 0 Å². The average Bonchev–Trinajstić information content (AvgIpc) is 2.59. The van der Waals surface area contributed by atoms with Gasteiger partial charge in [0.25, 0.3) is 0 Å². The summed E-state index contributed by atoms with van der Waals surface area (Å²) in [6, 6.07) is 13.4. The lowest BCUT2D eigenvalue weighted by Crippen LogP contribution is -2.38. The van der Waals surface area contributed by atoms with Crippen LogP contribution in [0.4, 0.5) is 0 Å². The summed E-state index contributed by atoms with van der Waals surface area (Å²) in [5, 5.41) is 11.9. The Morgan fingerprint density at radius 1 is 1.20 bits per heavy atom. The van der Waals surface area contributed by atoms with Crippen LogP contribution in [0.1, 0.15) is 42.0 Å². The molecule has 134 valence electrons. The van der Waals surface area contributed by atoms with Crippen molar-refractivity contribution in [3.05, 3.63) is 64.7 Å². The van der Waals surface area contributed by atoms with Gasteiger partial charge in [0.2, 0.25) is 0 Å². The summed E-state index contributed by atoms with van der Waals surface area (Å²) < 4.78 is 25.9. The maximum Gasteiger partial charge on any atom is 0.179 e. The van der Waals surface area contributed by atoms with Crippen molar-refractivity contribution in [3.8, 4) is 0 Å². The smallest absolute Gasteiger partial charge is 0.179 e. The molecule has 2 atom stereocenters. The Bertz CT molecular complexity index is 903. The molecule has 0 saturated heterocycles. The molecule has 0 fully saturated rings. The standard InChI is InChI=1S/C20H23BrO3S/c1-13-7-8-17-16(9-13)18(15-6-4-5-14(10-15)11-21)19(22)20(2,3)12-25(17,23)24/h4-10,18-19,22H,11-12H2,1-3H3/t18-,19-/m1/s1. The van der Waals surface area contributed by atoms with Crippen LogP contribution in [0.2, 0.25) is 0 Å². The minimum absolute atomic E-state index is 0.0636. The number of sulfone groups is 1. The molecule has 0 saturated carbocycles. The molecule has 0 aromatic heterocycles. The summed E-state index contributed by atoms with van der Waals surface area (Å²) in [5.74, 6) is -0.438. The largest absolute Gasteiger partial charge is 0.392 e. The number of alkyl halides is 1. The maximum absolute atomic E-state index is 12.9. The Labute approximate surface area is 158 Å². The zero-order valence-corrected chi connectivity index (χ0v) is 17.1. The van der Waals surface area contributed by atoms with Crippen molar-refractivity contribution in [1.29, 1.82) is 0 Å². The van der Waals surface area contributed by atoms with Crippen molar-refractivity contribution < 1.29 is 13.5 Å². The van der Waals surface area contributed by atoms with Gasteiger partial charge in [-0.25, -0.2) is 8.42 Å². The summed E-state index contributed by atoms with van der Waals surface area (Å²) in [7, 11) is -3.46. The molecule has 1 N–H and O–H groups in total. The van der Waals surface area contributed by atoms with E-state index in [1.807, 2.05) is 57.2 Å². The van der Waals surface area contributed by atoms with Crippen LogP contribution in [0.3, 0.4) is 0 Å². The second-order valence-electron chi connectivity index (χ2n) is 7.59. The number of rotatable bonds is 2. The van der Waals surface area contributed by atoms with Gasteiger partial charge in [0.15, 0.2) is 9.84 Å². The lowest BCUT2D eigenvalue weighted by molar-refractivity contribution is 0.0521. The van der Waals surface area contributed by atoms with E-state index in [0.29, 0.717) is 15.8 Å². The summed E-state index contributed by atoms with van der Waals surface area (Å²) in [4.78, 5) is 0.344. The van der Waals surface area contributed by atoms with Crippen molar-refractivity contribution in [3.63, 3.8) is 0 Å². The van der Waals surface area contributed by atoms with Gasteiger partial charge in [0.05, 0.1) is 16.8 Å². The van der Waals surface area contributed by atoms with Crippen molar-refractivity contribution in [2.45, 2.75) is 43.0 Å². The van der Waals surface area contributed by atoms with Crippen LogP contribution in [0, 0.1) is 12.3 Å². The molecule has 3 nitrogen and oxygen atoms in total. The molecule has 2 aromatic carbocycles. The number of benzene rings is 2. The third kappa shape index (κ3) is 3.42. The van der Waals surface area contributed by atoms with Crippen LogP contribution in [-0.4, -0.2) is 25.4 Å². The van der Waals surface area contributed by atoms with Crippen molar-refractivity contribution in [2.24, 2.45) is 5.41 Å². The number of halogens is 1. The lowest BCUT2D eigenvalue weighted by Gasteiger charge is -2.33. The third-order valence-electron chi connectivity index (χ3n) is 4.98. The number of hydrogen-bond donors (Lipinski definition) is 1. The normalized spacial score (nSPS) is 24.4. The Balaban J connectivity index is 2.32. The van der Waals surface area contributed by atoms with Gasteiger partial charge < -0.3 is 5.11 Å². The van der Waals surface area contributed by atoms with Gasteiger partial charge in [-0.3, -0.25) is 0 Å². The molecule has 0 unspecified atom stereocenters. The minimum atomic E-state index is -3.46. The highest BCUT2D eigenvalue weighted by Crippen LogP contribution is 2.44. The monoisotopic (exact) mass is 422 g/mol. The van der Waals surface area contributed by atoms with E-state index in [0.717, 1.165) is 16.7 Å². The van der Waals surface area contributed by atoms with Gasteiger partial charge in [-0.2, -0.15) is 0 Å². The number of aliphatic hydroxyl groups excluding tert-OH is 1. The Morgan fingerprint density at radius 3 is 2.60 bits per heavy atom. The van der Waals surface area contributed by atoms with Gasteiger partial charge in [0, 0.05) is 16.7 Å². The van der Waals surface area contributed by atoms with Gasteiger partial charge in [-0.1, -0.05) is 71.7 Å². The topological polar surface area (TPSA) is 54.4 Å². The van der Waals surface area contributed by atoms with Gasteiger partial charge in [-0.05, 0) is 29.7 Å². The molecule has 0 radical (unpaired) electrons. The summed E-state index contributed by atoms with van der Waals surface area (Å²) in [6.45, 7) is 5.60. The van der Waals surface area contributed by atoms with Crippen LogP contribution in [-0.2, 0) is 15.2 Å². The van der Waals surface area contributed by atoms with E-state index >= 15 is 0 Å². The van der Waals surface area contributed by atoms with E-state index < -0.39 is 21.4 Å². The highest BCUT2D eigenvalue weighted by atomic mass is 79.9. The Hall–Kier alpha value is -1.17. The van der Waals surface area contributed by atoms with E-state index in [2.05, 4.69) is 15.9 Å². The average molecular weight is 423 g/mol. The molecule has 0 aliphatic carbocycles. The van der Waals surface area contributed by atoms with Crippen LogP contribution in [0.15, 0.2) is 47.4 Å². The molecule has 25 heavy (non-hydrogen) atoms. The fourth-order valence-electron chi connectivity index (χ4n) is 3.70. The van der Waals surface area contributed by atoms with Crippen LogP contribution < -0.4 is 0 Å². The van der Waals surface area contributed by atoms with E-state index in [-0.39, 0.29) is 11.7 Å². The zero-order valence-electron chi connectivity index (χ0n) is 14.7. The van der Waals surface area contributed by atoms with Crippen molar-refractivity contribution in [2.75, 3.05) is 5.75 Å². The number of aryl methyl sites for hydroxylation is 1. The zero-order chi connectivity index (χ0) is 18.4. The van der Waals surface area contributed by atoms with Gasteiger partial charge in [0.1, 0.15) is 0 Å². The molecule has 5 heteroatoms. The second kappa shape index (κ2) is 6.53. The second-order valence-corrected chi connectivity index (χ2v) is 10.1. The summed E-state index contributed by atoms with van der Waals surface area (Å²) in [5.41, 5.74) is 2.98. The molecular formula is C20H23BrO3S. The molecule has 0 spiro atoms. The molecule has 3 rings (SSSR count). The Kier molecular flexibility index (Phi) is 4.86. The molecule has 2 aromatic rings. The van der Waals surface area contributed by atoms with Crippen molar-refractivity contribution in [1.82, 2.24) is 0 Å². The van der Waals surface area contributed by atoms with E-state index in [9.17, 15) is 13.5 Å². The van der Waals surface area contributed by atoms with Crippen LogP contribution >= 0.6 is 15.9 Å². The first-order valence-electron chi connectivity index (χ1n) is 8.32. The molecule has 1 aliphatic heterocycles. The number of hydrogen-bond acceptors (Lipinski definition) is 3. The summed E-state index contributed by atoms with van der Waals surface area (Å²) in [6.07, 6.45) is -0.795. The van der Waals surface area contributed by atoms with Gasteiger partial charge in [-0.15, -0.1) is 0 Å². The highest BCUT2D eigenvalue weighted by Gasteiger charge is 2.44. The van der Waals surface area contributed by atoms with Crippen molar-refractivity contribution >= 4 is 25.8 Å². The maximum atomic E-state index is 12.9. The van der Waals surface area contributed by atoms with E-state index in [1.54, 1.807) is 6.07 Å². The molecule has 1 aliphatic rings. The fourth-order valence-corrected chi connectivity index (χ4v) is 6.17. The predicted octanol–water partition coefficient (Wildman–Crippen LogP) is 4.20. The molecule has 0 bridgehead atoms. The van der Waals surface area contributed by atoms with Crippen LogP contribution in [0.25, 0.3) is 0 Å². The number of aliphatic hydroxyl groups is 1. The van der Waals surface area contributed by atoms with E-state index in [4.69, 9.17) is 0 Å². The lowest BCUT2D eigenvalue weighted by atomic mass is 9.75. The SMILES string of the molecule is Cc1ccc2c(c1)[C@@H](c1cccc(CBr)c1)[C@@H](O)C(C)(C)CS2(=O)=O.